The van der Waals surface area contributed by atoms with Crippen LogP contribution in [0.4, 0.5) is 0 Å². The first-order valence-electron chi connectivity index (χ1n) is 6.29. The molecule has 0 saturated carbocycles. The highest BCUT2D eigenvalue weighted by atomic mass is 16.4. The summed E-state index contributed by atoms with van der Waals surface area (Å²) in [5, 5.41) is 8.65. The van der Waals surface area contributed by atoms with Crippen LogP contribution in [0.2, 0.25) is 0 Å². The minimum atomic E-state index is -0.809. The van der Waals surface area contributed by atoms with E-state index in [0.717, 1.165) is 16.7 Å². The van der Waals surface area contributed by atoms with Crippen molar-refractivity contribution >= 4 is 5.97 Å². The summed E-state index contributed by atoms with van der Waals surface area (Å²) in [5.41, 5.74) is 9.24. The van der Waals surface area contributed by atoms with Crippen molar-refractivity contribution in [2.75, 3.05) is 0 Å². The molecule has 0 fully saturated rings. The predicted octanol–water partition coefficient (Wildman–Crippen LogP) is 3.22. The van der Waals surface area contributed by atoms with Crippen molar-refractivity contribution < 1.29 is 9.90 Å². The zero-order chi connectivity index (χ0) is 13.7. The third-order valence-corrected chi connectivity index (χ3v) is 3.12. The molecule has 1 unspecified atom stereocenters. The van der Waals surface area contributed by atoms with Gasteiger partial charge in [0.15, 0.2) is 0 Å². The van der Waals surface area contributed by atoms with E-state index in [9.17, 15) is 4.79 Å². The van der Waals surface area contributed by atoms with Crippen molar-refractivity contribution in [3.05, 3.63) is 60.2 Å². The Bertz CT molecular complexity index is 534. The molecule has 0 amide bonds. The number of hydrogen-bond acceptors (Lipinski definition) is 2. The number of hydrogen-bond donors (Lipinski definition) is 2. The second-order valence-corrected chi connectivity index (χ2v) is 4.53. The van der Waals surface area contributed by atoms with Gasteiger partial charge in [-0.25, -0.2) is 0 Å². The summed E-state index contributed by atoms with van der Waals surface area (Å²) >= 11 is 0. The highest BCUT2D eigenvalue weighted by Gasteiger charge is 2.08. The van der Waals surface area contributed by atoms with Crippen LogP contribution in [-0.2, 0) is 4.79 Å². The molecule has 2 aromatic carbocycles. The molecule has 2 aromatic rings. The summed E-state index contributed by atoms with van der Waals surface area (Å²) in [6.07, 6.45) is 0.557. The normalized spacial score (nSPS) is 12.1. The van der Waals surface area contributed by atoms with Crippen molar-refractivity contribution in [1.29, 1.82) is 0 Å². The Hall–Kier alpha value is -2.13. The Morgan fingerprint density at radius 3 is 2.16 bits per heavy atom. The molecule has 0 radical (unpaired) electrons. The van der Waals surface area contributed by atoms with Gasteiger partial charge < -0.3 is 10.8 Å². The van der Waals surface area contributed by atoms with Gasteiger partial charge in [0.05, 0.1) is 0 Å². The van der Waals surface area contributed by atoms with Crippen LogP contribution in [0.1, 0.15) is 24.4 Å². The molecule has 0 heterocycles. The molecular formula is C16H17NO2. The van der Waals surface area contributed by atoms with Gasteiger partial charge in [0, 0.05) is 12.5 Å². The van der Waals surface area contributed by atoms with Crippen molar-refractivity contribution in [2.24, 2.45) is 5.73 Å². The van der Waals surface area contributed by atoms with Crippen molar-refractivity contribution in [1.82, 2.24) is 0 Å². The van der Waals surface area contributed by atoms with Gasteiger partial charge in [0.25, 0.3) is 0 Å². The van der Waals surface area contributed by atoms with Gasteiger partial charge in [-0.15, -0.1) is 0 Å². The minimum absolute atomic E-state index is 0.0988. The molecule has 98 valence electrons. The molecule has 3 heteroatoms. The van der Waals surface area contributed by atoms with E-state index in [2.05, 4.69) is 12.1 Å². The largest absolute Gasteiger partial charge is 0.481 e. The third kappa shape index (κ3) is 3.66. The molecule has 3 nitrogen and oxygen atoms in total. The highest BCUT2D eigenvalue weighted by Crippen LogP contribution is 2.22. The van der Waals surface area contributed by atoms with Gasteiger partial charge in [-0.2, -0.15) is 0 Å². The van der Waals surface area contributed by atoms with E-state index in [0.29, 0.717) is 6.42 Å². The molecule has 0 spiro atoms. The van der Waals surface area contributed by atoms with Crippen LogP contribution in [0.25, 0.3) is 11.1 Å². The summed E-state index contributed by atoms with van der Waals surface area (Å²) in [6.45, 7) is 0. The van der Waals surface area contributed by atoms with Crippen LogP contribution < -0.4 is 5.73 Å². The fraction of sp³-hybridized carbons (Fsp3) is 0.188. The lowest BCUT2D eigenvalue weighted by Crippen LogP contribution is -2.12. The summed E-state index contributed by atoms with van der Waals surface area (Å²) in [5.74, 6) is -0.809. The molecule has 19 heavy (non-hydrogen) atoms. The summed E-state index contributed by atoms with van der Waals surface area (Å²) in [6, 6.07) is 17.9. The monoisotopic (exact) mass is 255 g/mol. The topological polar surface area (TPSA) is 63.3 Å². The number of nitrogens with two attached hydrogens (primary N) is 1. The van der Waals surface area contributed by atoms with Crippen LogP contribution in [0, 0.1) is 0 Å². The summed E-state index contributed by atoms with van der Waals surface area (Å²) in [7, 11) is 0. The van der Waals surface area contributed by atoms with Crippen molar-refractivity contribution in [3.63, 3.8) is 0 Å². The number of rotatable bonds is 5. The third-order valence-electron chi connectivity index (χ3n) is 3.12. The maximum Gasteiger partial charge on any atom is 0.303 e. The average Bonchev–Trinajstić information content (AvgIpc) is 2.46. The van der Waals surface area contributed by atoms with E-state index in [4.69, 9.17) is 10.8 Å². The Labute approximate surface area is 112 Å². The molecule has 3 N–H and O–H groups in total. The van der Waals surface area contributed by atoms with Crippen molar-refractivity contribution in [3.8, 4) is 11.1 Å². The molecule has 0 aliphatic rings. The molecule has 0 aliphatic heterocycles. The molecule has 0 aromatic heterocycles. The SMILES string of the molecule is NC(CCC(=O)O)c1ccc(-c2ccccc2)cc1. The number of carboxylic acids is 1. The first kappa shape index (κ1) is 13.3. The fourth-order valence-electron chi connectivity index (χ4n) is 2.00. The van der Waals surface area contributed by atoms with Crippen LogP contribution in [0.15, 0.2) is 54.6 Å². The Balaban J connectivity index is 2.08. The van der Waals surface area contributed by atoms with Gasteiger partial charge in [-0.3, -0.25) is 4.79 Å². The second-order valence-electron chi connectivity index (χ2n) is 4.53. The smallest absolute Gasteiger partial charge is 0.303 e. The fourth-order valence-corrected chi connectivity index (χ4v) is 2.00. The summed E-state index contributed by atoms with van der Waals surface area (Å²) < 4.78 is 0. The van der Waals surface area contributed by atoms with Crippen LogP contribution >= 0.6 is 0 Å². The van der Waals surface area contributed by atoms with Gasteiger partial charge in [-0.1, -0.05) is 54.6 Å². The maximum atomic E-state index is 10.5. The van der Waals surface area contributed by atoms with Crippen LogP contribution in [0.3, 0.4) is 0 Å². The van der Waals surface area contributed by atoms with Gasteiger partial charge in [-0.05, 0) is 23.1 Å². The summed E-state index contributed by atoms with van der Waals surface area (Å²) in [4.78, 5) is 10.5. The molecule has 2 rings (SSSR count). The lowest BCUT2D eigenvalue weighted by Gasteiger charge is -2.11. The first-order valence-corrected chi connectivity index (χ1v) is 6.29. The number of benzene rings is 2. The van der Waals surface area contributed by atoms with Crippen LogP contribution in [0.5, 0.6) is 0 Å². The van der Waals surface area contributed by atoms with E-state index in [-0.39, 0.29) is 12.5 Å². The van der Waals surface area contributed by atoms with E-state index < -0.39 is 5.97 Å². The first-order chi connectivity index (χ1) is 9.16. The highest BCUT2D eigenvalue weighted by molar-refractivity contribution is 5.67. The molecule has 0 bridgehead atoms. The quantitative estimate of drug-likeness (QED) is 0.862. The molecular weight excluding hydrogens is 238 g/mol. The number of carboxylic acid groups (broad SMARTS) is 1. The van der Waals surface area contributed by atoms with E-state index in [1.165, 1.54) is 0 Å². The maximum absolute atomic E-state index is 10.5. The Morgan fingerprint density at radius 1 is 1.00 bits per heavy atom. The Morgan fingerprint density at radius 2 is 1.58 bits per heavy atom. The van der Waals surface area contributed by atoms with Gasteiger partial charge in [0.1, 0.15) is 0 Å². The van der Waals surface area contributed by atoms with E-state index in [1.54, 1.807) is 0 Å². The lowest BCUT2D eigenvalue weighted by atomic mass is 9.99. The van der Waals surface area contributed by atoms with E-state index in [1.807, 2.05) is 42.5 Å². The van der Waals surface area contributed by atoms with Gasteiger partial charge >= 0.3 is 5.97 Å². The second kappa shape index (κ2) is 6.16. The number of carbonyl (C=O) groups is 1. The van der Waals surface area contributed by atoms with Crippen molar-refractivity contribution in [2.45, 2.75) is 18.9 Å². The van der Waals surface area contributed by atoms with Crippen LogP contribution in [-0.4, -0.2) is 11.1 Å². The zero-order valence-corrected chi connectivity index (χ0v) is 10.6. The molecule has 1 atom stereocenters. The van der Waals surface area contributed by atoms with E-state index >= 15 is 0 Å². The average molecular weight is 255 g/mol. The number of aliphatic carboxylic acids is 1. The molecule has 0 aliphatic carbocycles. The van der Waals surface area contributed by atoms with Gasteiger partial charge in [0.2, 0.25) is 0 Å². The standard InChI is InChI=1S/C16H17NO2/c17-15(10-11-16(18)19)14-8-6-13(7-9-14)12-4-2-1-3-5-12/h1-9,15H,10-11,17H2,(H,18,19). The predicted molar refractivity (Wildman–Crippen MR) is 75.7 cm³/mol. The lowest BCUT2D eigenvalue weighted by molar-refractivity contribution is -0.137. The Kier molecular flexibility index (Phi) is 4.31. The minimum Gasteiger partial charge on any atom is -0.481 e. The zero-order valence-electron chi connectivity index (χ0n) is 10.6. The molecule has 0 saturated heterocycles.